The van der Waals surface area contributed by atoms with E-state index in [1.807, 2.05) is 28.8 Å². The van der Waals surface area contributed by atoms with Gasteiger partial charge in [0.25, 0.3) is 5.92 Å². The summed E-state index contributed by atoms with van der Waals surface area (Å²) in [6, 6.07) is 9.36. The molecular formula is C24H20F7N5O2. The highest BCUT2D eigenvalue weighted by atomic mass is 19.4. The van der Waals surface area contributed by atoms with E-state index in [0.717, 1.165) is 28.2 Å². The Balaban J connectivity index is 0.000000426. The van der Waals surface area contributed by atoms with Crippen LogP contribution in [0.5, 0.6) is 0 Å². The highest BCUT2D eigenvalue weighted by molar-refractivity contribution is 5.70. The number of hydrogen-bond acceptors (Lipinski definition) is 4. The number of quaternary nitrogens is 1. The number of carbonyl (C=O) groups is 1. The highest BCUT2D eigenvalue weighted by Crippen LogP contribution is 2.26. The van der Waals surface area contributed by atoms with Gasteiger partial charge in [-0.2, -0.15) is 13.2 Å². The molecule has 0 aliphatic carbocycles. The zero-order valence-corrected chi connectivity index (χ0v) is 19.5. The fourth-order valence-electron chi connectivity index (χ4n) is 4.03. The summed E-state index contributed by atoms with van der Waals surface area (Å²) in [4.78, 5) is 22.1. The first kappa shape index (κ1) is 27.1. The molecule has 7 nitrogen and oxygen atoms in total. The van der Waals surface area contributed by atoms with Gasteiger partial charge in [-0.05, 0) is 30.3 Å². The van der Waals surface area contributed by atoms with Crippen molar-refractivity contribution in [2.24, 2.45) is 0 Å². The van der Waals surface area contributed by atoms with Crippen LogP contribution >= 0.6 is 0 Å². The summed E-state index contributed by atoms with van der Waals surface area (Å²) < 4.78 is 87.3. The number of aromatic amines is 1. The molecule has 14 heteroatoms. The Morgan fingerprint density at radius 2 is 1.79 bits per heavy atom. The van der Waals surface area contributed by atoms with E-state index in [1.54, 1.807) is 6.20 Å². The predicted octanol–water partition coefficient (Wildman–Crippen LogP) is 2.78. The van der Waals surface area contributed by atoms with E-state index in [1.165, 1.54) is 6.07 Å². The maximum Gasteiger partial charge on any atom is 0.430 e. The standard InChI is InChI=1S/C22H19F4N5.C2HF3O2/c23-15-5-4-14(11-16(15)24)17-12-27-20(28-17)21-29-18(19-3-1-2-8-31(19)21)13-30-9-6-22(25,26)7-10-30;3-2(4,5)1(6)7/h1-5,8,11-12H,6-7,9-10,13H2,(H,27,28);(H,6,7). The summed E-state index contributed by atoms with van der Waals surface area (Å²) in [7, 11) is 0. The second kappa shape index (κ2) is 10.4. The van der Waals surface area contributed by atoms with E-state index in [9.17, 15) is 30.7 Å². The largest absolute Gasteiger partial charge is 0.542 e. The van der Waals surface area contributed by atoms with Gasteiger partial charge in [0.1, 0.15) is 18.2 Å². The molecule has 3 aromatic heterocycles. The Hall–Kier alpha value is -3.94. The van der Waals surface area contributed by atoms with E-state index in [4.69, 9.17) is 14.9 Å². The number of nitrogens with one attached hydrogen (secondary N) is 2. The van der Waals surface area contributed by atoms with E-state index in [0.29, 0.717) is 42.5 Å². The average molecular weight is 543 g/mol. The summed E-state index contributed by atoms with van der Waals surface area (Å²) in [5.41, 5.74) is 2.69. The van der Waals surface area contributed by atoms with Crippen molar-refractivity contribution in [1.29, 1.82) is 0 Å². The van der Waals surface area contributed by atoms with Crippen molar-refractivity contribution in [2.45, 2.75) is 31.5 Å². The molecule has 4 heterocycles. The van der Waals surface area contributed by atoms with Crippen LogP contribution in [-0.4, -0.2) is 50.5 Å². The number of aliphatic carboxylic acids is 1. The minimum Gasteiger partial charge on any atom is -0.542 e. The van der Waals surface area contributed by atoms with Crippen molar-refractivity contribution < 1.29 is 45.5 Å². The number of pyridine rings is 1. The molecule has 1 fully saturated rings. The van der Waals surface area contributed by atoms with Crippen molar-refractivity contribution in [3.8, 4) is 22.9 Å². The van der Waals surface area contributed by atoms with Crippen molar-refractivity contribution in [1.82, 2.24) is 19.4 Å². The molecule has 0 atom stereocenters. The first-order valence-corrected chi connectivity index (χ1v) is 11.3. The number of carboxylic acid groups (broad SMARTS) is 1. The molecule has 0 unspecified atom stereocenters. The van der Waals surface area contributed by atoms with Gasteiger partial charge in [0.05, 0.1) is 43.3 Å². The zero-order valence-electron chi connectivity index (χ0n) is 19.5. The third kappa shape index (κ3) is 6.13. The van der Waals surface area contributed by atoms with E-state index < -0.39 is 29.7 Å². The van der Waals surface area contributed by atoms with E-state index in [2.05, 4.69) is 9.97 Å². The minimum atomic E-state index is -5.19. The van der Waals surface area contributed by atoms with Crippen molar-refractivity contribution in [3.63, 3.8) is 0 Å². The van der Waals surface area contributed by atoms with Gasteiger partial charge >= 0.3 is 6.18 Å². The maximum atomic E-state index is 13.6. The van der Waals surface area contributed by atoms with Gasteiger partial charge in [0, 0.05) is 11.8 Å². The SMILES string of the molecule is Fc1ccc(-c2cnc(-c3nc(C[NH+]4CCC(F)(F)CC4)c4ccccn34)[nH]2)cc1F.O=C([O-])C(F)(F)F. The Bertz CT molecular complexity index is 1440. The number of piperidine rings is 1. The summed E-state index contributed by atoms with van der Waals surface area (Å²) in [6.07, 6.45) is -2.02. The Kier molecular flexibility index (Phi) is 7.44. The lowest BCUT2D eigenvalue weighted by Gasteiger charge is -2.28. The van der Waals surface area contributed by atoms with E-state index in [-0.39, 0.29) is 12.8 Å². The number of carbonyl (C=O) groups excluding carboxylic acids is 1. The van der Waals surface area contributed by atoms with Crippen LogP contribution in [0.15, 0.2) is 48.8 Å². The molecule has 0 spiro atoms. The number of rotatable bonds is 4. The van der Waals surface area contributed by atoms with Crippen LogP contribution in [0.2, 0.25) is 0 Å². The molecule has 1 aliphatic heterocycles. The Morgan fingerprint density at radius 3 is 2.42 bits per heavy atom. The van der Waals surface area contributed by atoms with Gasteiger partial charge in [-0.15, -0.1) is 0 Å². The number of imidazole rings is 2. The first-order chi connectivity index (χ1) is 17.8. The van der Waals surface area contributed by atoms with Crippen LogP contribution in [0.3, 0.4) is 0 Å². The summed E-state index contributed by atoms with van der Waals surface area (Å²) in [6.45, 7) is 1.34. The maximum absolute atomic E-state index is 13.6. The normalized spacial score (nSPS) is 15.8. The molecule has 5 rings (SSSR count). The molecule has 1 aliphatic rings. The third-order valence-corrected chi connectivity index (χ3v) is 5.98. The number of carboxylic acids is 1. The average Bonchev–Trinajstić information content (AvgIpc) is 3.47. The Morgan fingerprint density at radius 1 is 1.11 bits per heavy atom. The fourth-order valence-corrected chi connectivity index (χ4v) is 4.03. The highest BCUT2D eigenvalue weighted by Gasteiger charge is 2.37. The number of halogens is 7. The summed E-state index contributed by atoms with van der Waals surface area (Å²) in [5, 5.41) is 8.78. The second-order valence-electron chi connectivity index (χ2n) is 8.68. The van der Waals surface area contributed by atoms with Gasteiger partial charge in [-0.3, -0.25) is 4.40 Å². The Labute approximate surface area is 210 Å². The lowest BCUT2D eigenvalue weighted by atomic mass is 10.1. The van der Waals surface area contributed by atoms with Gasteiger partial charge in [0.2, 0.25) is 0 Å². The molecule has 0 bridgehead atoms. The van der Waals surface area contributed by atoms with Crippen LogP contribution in [0.4, 0.5) is 30.7 Å². The number of nitrogens with zero attached hydrogens (tertiary/aromatic N) is 3. The number of hydrogen-bond donors (Lipinski definition) is 2. The molecule has 2 N–H and O–H groups in total. The zero-order chi connectivity index (χ0) is 27.7. The van der Waals surface area contributed by atoms with Crippen molar-refractivity contribution in [3.05, 3.63) is 66.1 Å². The molecule has 1 aromatic carbocycles. The van der Waals surface area contributed by atoms with Gasteiger partial charge in [-0.1, -0.05) is 6.07 Å². The third-order valence-electron chi connectivity index (χ3n) is 5.98. The summed E-state index contributed by atoms with van der Waals surface area (Å²) >= 11 is 0. The van der Waals surface area contributed by atoms with Gasteiger partial charge < -0.3 is 19.8 Å². The number of aromatic nitrogens is 4. The molecule has 4 aromatic rings. The lowest BCUT2D eigenvalue weighted by Crippen LogP contribution is -3.12. The smallest absolute Gasteiger partial charge is 0.430 e. The van der Waals surface area contributed by atoms with Crippen LogP contribution in [0.25, 0.3) is 28.4 Å². The van der Waals surface area contributed by atoms with Crippen molar-refractivity contribution in [2.75, 3.05) is 13.1 Å². The number of H-pyrrole nitrogens is 1. The van der Waals surface area contributed by atoms with Crippen LogP contribution in [0.1, 0.15) is 18.5 Å². The monoisotopic (exact) mass is 543 g/mol. The molecule has 38 heavy (non-hydrogen) atoms. The predicted molar refractivity (Wildman–Crippen MR) is 118 cm³/mol. The topological polar surface area (TPSA) is 90.6 Å². The minimum absolute atomic E-state index is 0.114. The first-order valence-electron chi connectivity index (χ1n) is 11.3. The quantitative estimate of drug-likeness (QED) is 0.388. The molecule has 0 amide bonds. The lowest BCUT2D eigenvalue weighted by molar-refractivity contribution is -0.921. The second-order valence-corrected chi connectivity index (χ2v) is 8.68. The fraction of sp³-hybridized carbons (Fsp3) is 0.292. The molecule has 202 valence electrons. The number of fused-ring (bicyclic) bond motifs is 1. The van der Waals surface area contributed by atoms with Gasteiger partial charge in [0.15, 0.2) is 23.3 Å². The van der Waals surface area contributed by atoms with Gasteiger partial charge in [-0.25, -0.2) is 27.5 Å². The molecule has 1 saturated heterocycles. The number of alkyl halides is 5. The summed E-state index contributed by atoms with van der Waals surface area (Å²) in [5.74, 6) is -6.38. The van der Waals surface area contributed by atoms with Crippen LogP contribution in [-0.2, 0) is 11.3 Å². The number of benzene rings is 1. The van der Waals surface area contributed by atoms with Crippen LogP contribution < -0.4 is 10.0 Å². The van der Waals surface area contributed by atoms with Crippen LogP contribution in [0, 0.1) is 11.6 Å². The van der Waals surface area contributed by atoms with E-state index >= 15 is 0 Å². The molecule has 0 saturated carbocycles. The van der Waals surface area contributed by atoms with Crippen molar-refractivity contribution >= 4 is 11.5 Å². The number of likely N-dealkylation sites (tertiary alicyclic amines) is 1. The molecular weight excluding hydrogens is 523 g/mol. The molecule has 0 radical (unpaired) electrons.